The Kier molecular flexibility index (Phi) is 12.7. The van der Waals surface area contributed by atoms with Gasteiger partial charge in [0.15, 0.2) is 0 Å². The maximum atomic E-state index is 12.2. The summed E-state index contributed by atoms with van der Waals surface area (Å²) >= 11 is 0. The number of benzene rings is 4. The Balaban J connectivity index is 0.00000552. The second-order valence-corrected chi connectivity index (χ2v) is 11.8. The first-order chi connectivity index (χ1) is 21.0. The molecule has 0 aliphatic carbocycles. The summed E-state index contributed by atoms with van der Waals surface area (Å²) in [7, 11) is -9.43. The molecule has 0 bridgehead atoms. The molecule has 0 saturated carbocycles. The first kappa shape index (κ1) is 35.7. The zero-order chi connectivity index (χ0) is 31.7. The zero-order valence-corrected chi connectivity index (χ0v) is 28.2. The SMILES string of the molecule is CCOc1ccc(N=Nc2ccc(/C=C/c3ccc(N=Nc4ccc(OCC)cc4)cc3S(=O)(=O)O)c(S(=O)(=O)O)c2)cc1.[Na]. The van der Waals surface area contributed by atoms with Crippen LogP contribution in [-0.2, 0) is 20.2 Å². The summed E-state index contributed by atoms with van der Waals surface area (Å²) in [6, 6.07) is 21.5. The van der Waals surface area contributed by atoms with E-state index in [0.29, 0.717) is 36.1 Å². The predicted octanol–water partition coefficient (Wildman–Crippen LogP) is 7.60. The Hall–Kier alpha value is -3.76. The summed E-state index contributed by atoms with van der Waals surface area (Å²) in [4.78, 5) is -0.961. The van der Waals surface area contributed by atoms with E-state index in [9.17, 15) is 25.9 Å². The minimum absolute atomic E-state index is 0. The van der Waals surface area contributed by atoms with Gasteiger partial charge in [-0.05, 0) is 97.8 Å². The van der Waals surface area contributed by atoms with Crippen molar-refractivity contribution in [2.24, 2.45) is 20.5 Å². The van der Waals surface area contributed by atoms with Gasteiger partial charge < -0.3 is 9.47 Å². The number of rotatable bonds is 12. The average molecular weight is 660 g/mol. The van der Waals surface area contributed by atoms with Gasteiger partial charge in [0.2, 0.25) is 0 Å². The number of nitrogens with zero attached hydrogens (tertiary/aromatic N) is 4. The van der Waals surface area contributed by atoms with Crippen molar-refractivity contribution in [3.05, 3.63) is 96.1 Å². The third kappa shape index (κ3) is 10.4. The smallest absolute Gasteiger partial charge is 0.295 e. The average Bonchev–Trinajstić information content (AvgIpc) is 2.99. The van der Waals surface area contributed by atoms with Gasteiger partial charge in [-0.2, -0.15) is 37.3 Å². The van der Waals surface area contributed by atoms with E-state index in [1.54, 1.807) is 48.5 Å². The van der Waals surface area contributed by atoms with Gasteiger partial charge in [0.05, 0.1) is 36.0 Å². The van der Waals surface area contributed by atoms with Crippen LogP contribution in [-0.4, -0.2) is 68.7 Å². The maximum Gasteiger partial charge on any atom is 0.295 e. The molecule has 0 unspecified atom stereocenters. The molecule has 229 valence electrons. The van der Waals surface area contributed by atoms with Gasteiger partial charge in [-0.1, -0.05) is 24.3 Å². The van der Waals surface area contributed by atoms with Crippen LogP contribution in [0.2, 0.25) is 0 Å². The Morgan fingerprint density at radius 3 is 1.18 bits per heavy atom. The molecule has 0 aromatic heterocycles. The molecule has 0 spiro atoms. The molecule has 4 aromatic carbocycles. The fourth-order valence-corrected chi connectivity index (χ4v) is 5.26. The molecule has 0 aliphatic heterocycles. The second kappa shape index (κ2) is 16.0. The van der Waals surface area contributed by atoms with E-state index in [4.69, 9.17) is 9.47 Å². The molecule has 2 N–H and O–H groups in total. The molecule has 15 heteroatoms. The molecule has 0 fully saturated rings. The fourth-order valence-electron chi connectivity index (χ4n) is 3.85. The third-order valence-electron chi connectivity index (χ3n) is 5.85. The minimum Gasteiger partial charge on any atom is -0.494 e. The van der Waals surface area contributed by atoms with Gasteiger partial charge in [-0.15, -0.1) is 0 Å². The summed E-state index contributed by atoms with van der Waals surface area (Å²) in [5.74, 6) is 1.33. The van der Waals surface area contributed by atoms with Crippen LogP contribution in [0.1, 0.15) is 25.0 Å². The number of hydrogen-bond acceptors (Lipinski definition) is 10. The van der Waals surface area contributed by atoms with E-state index in [1.807, 2.05) is 13.8 Å². The van der Waals surface area contributed by atoms with Crippen molar-refractivity contribution in [1.29, 1.82) is 0 Å². The first-order valence-corrected chi connectivity index (χ1v) is 16.0. The molecule has 1 radical (unpaired) electrons. The van der Waals surface area contributed by atoms with Crippen molar-refractivity contribution in [2.75, 3.05) is 13.2 Å². The van der Waals surface area contributed by atoms with E-state index in [0.717, 1.165) is 12.1 Å². The monoisotopic (exact) mass is 659 g/mol. The molecule has 0 aliphatic rings. The molecule has 0 amide bonds. The van der Waals surface area contributed by atoms with Crippen molar-refractivity contribution < 1.29 is 35.4 Å². The largest absolute Gasteiger partial charge is 0.494 e. The summed E-state index contributed by atoms with van der Waals surface area (Å²) in [6.07, 6.45) is 2.56. The van der Waals surface area contributed by atoms with Crippen LogP contribution >= 0.6 is 0 Å². The van der Waals surface area contributed by atoms with E-state index >= 15 is 0 Å². The van der Waals surface area contributed by atoms with E-state index in [2.05, 4.69) is 20.5 Å². The third-order valence-corrected chi connectivity index (χ3v) is 7.67. The quantitative estimate of drug-likeness (QED) is 0.0676. The Labute approximate surface area is 283 Å². The van der Waals surface area contributed by atoms with Gasteiger partial charge >= 0.3 is 0 Å². The summed E-state index contributed by atoms with van der Waals surface area (Å²) in [5, 5.41) is 16.2. The van der Waals surface area contributed by atoms with Crippen molar-refractivity contribution in [1.82, 2.24) is 0 Å². The van der Waals surface area contributed by atoms with Crippen LogP contribution in [0.25, 0.3) is 12.2 Å². The van der Waals surface area contributed by atoms with Crippen LogP contribution in [0.4, 0.5) is 22.7 Å². The van der Waals surface area contributed by atoms with Gasteiger partial charge in [0.25, 0.3) is 20.2 Å². The molecule has 4 aromatic rings. The van der Waals surface area contributed by atoms with Crippen molar-refractivity contribution >= 4 is 84.7 Å². The summed E-state index contributed by atoms with van der Waals surface area (Å²) in [6.45, 7) is 4.75. The normalized spacial score (nSPS) is 12.1. The van der Waals surface area contributed by atoms with E-state index in [1.165, 1.54) is 36.4 Å². The van der Waals surface area contributed by atoms with Gasteiger partial charge in [-0.25, -0.2) is 0 Å². The second-order valence-electron chi connectivity index (χ2n) is 8.98. The van der Waals surface area contributed by atoms with Gasteiger partial charge in [-0.3, -0.25) is 9.11 Å². The van der Waals surface area contributed by atoms with Crippen molar-refractivity contribution in [3.8, 4) is 11.5 Å². The first-order valence-electron chi connectivity index (χ1n) is 13.2. The van der Waals surface area contributed by atoms with Crippen LogP contribution in [0.15, 0.2) is 115 Å². The maximum absolute atomic E-state index is 12.2. The van der Waals surface area contributed by atoms with Gasteiger partial charge in [0, 0.05) is 29.6 Å². The number of ether oxygens (including phenoxy) is 2. The Morgan fingerprint density at radius 2 is 0.867 bits per heavy atom. The molecule has 0 heterocycles. The van der Waals surface area contributed by atoms with E-state index in [-0.39, 0.29) is 52.1 Å². The molecule has 12 nitrogen and oxygen atoms in total. The van der Waals surface area contributed by atoms with Crippen LogP contribution < -0.4 is 9.47 Å². The molecule has 45 heavy (non-hydrogen) atoms. The van der Waals surface area contributed by atoms with Crippen molar-refractivity contribution in [2.45, 2.75) is 23.6 Å². The predicted molar refractivity (Wildman–Crippen MR) is 171 cm³/mol. The van der Waals surface area contributed by atoms with Crippen LogP contribution in [0, 0.1) is 0 Å². The van der Waals surface area contributed by atoms with Gasteiger partial charge in [0.1, 0.15) is 21.3 Å². The van der Waals surface area contributed by atoms with E-state index < -0.39 is 30.0 Å². The Morgan fingerprint density at radius 1 is 0.556 bits per heavy atom. The molecular formula is C30H28N4NaO8S2. The number of hydrogen-bond donors (Lipinski definition) is 2. The Bertz CT molecular complexity index is 1790. The minimum atomic E-state index is -4.71. The van der Waals surface area contributed by atoms with Crippen molar-refractivity contribution in [3.63, 3.8) is 0 Å². The zero-order valence-electron chi connectivity index (χ0n) is 24.6. The molecule has 4 rings (SSSR count). The van der Waals surface area contributed by atoms with Crippen LogP contribution in [0.5, 0.6) is 11.5 Å². The standard InChI is InChI=1S/C30H28N4O8S2.Na/c1-3-41-27-15-11-23(12-16-27)31-33-25-9-7-21(29(19-25)43(35,36)37)5-6-22-8-10-26(20-30(22)44(38,39)40)34-32-24-13-17-28(18-14-24)42-4-2;/h5-20H,3-4H2,1-2H3,(H,35,36,37)(H,38,39,40);/b6-5+,33-31?,34-32?;. The number of azo groups is 2. The topological polar surface area (TPSA) is 177 Å². The van der Waals surface area contributed by atoms with Crippen LogP contribution in [0.3, 0.4) is 0 Å². The summed E-state index contributed by atoms with van der Waals surface area (Å²) < 4.78 is 79.2. The fraction of sp³-hybridized carbons (Fsp3) is 0.133. The molecular weight excluding hydrogens is 631 g/mol. The molecule has 0 atom stereocenters. The summed E-state index contributed by atoms with van der Waals surface area (Å²) in [5.41, 5.74) is 1.34. The molecule has 0 saturated heterocycles.